The molecule has 1 atom stereocenters. The minimum Gasteiger partial charge on any atom is -0.463 e. The number of carbonyl (C=O) groups is 4. The average Bonchev–Trinajstić information content (AvgIpc) is 2.81. The third-order valence-electron chi connectivity index (χ3n) is 5.68. The van der Waals surface area contributed by atoms with Crippen LogP contribution in [-0.2, 0) is 34.4 Å². The summed E-state index contributed by atoms with van der Waals surface area (Å²) in [6.07, 6.45) is 6.49. The lowest BCUT2D eigenvalue weighted by molar-refractivity contribution is -0.147. The van der Waals surface area contributed by atoms with Crippen molar-refractivity contribution in [3.63, 3.8) is 0 Å². The van der Waals surface area contributed by atoms with Crippen molar-refractivity contribution in [3.8, 4) is 0 Å². The lowest BCUT2D eigenvalue weighted by Crippen LogP contribution is -2.44. The Morgan fingerprint density at radius 3 is 2.32 bits per heavy atom. The molecule has 0 unspecified atom stereocenters. The van der Waals surface area contributed by atoms with Gasteiger partial charge in [0, 0.05) is 24.9 Å². The molecule has 1 aliphatic heterocycles. The van der Waals surface area contributed by atoms with Crippen LogP contribution in [0.2, 0.25) is 0 Å². The van der Waals surface area contributed by atoms with Gasteiger partial charge >= 0.3 is 11.9 Å². The summed E-state index contributed by atoms with van der Waals surface area (Å²) in [6.45, 7) is 6.99. The first-order valence-electron chi connectivity index (χ1n) is 12.7. The largest absolute Gasteiger partial charge is 0.463 e. The molecule has 0 N–H and O–H groups in total. The Bertz CT molecular complexity index is 932. The summed E-state index contributed by atoms with van der Waals surface area (Å²) in [7, 11) is -2.77. The van der Waals surface area contributed by atoms with E-state index in [9.17, 15) is 32.5 Å². The molecule has 37 heavy (non-hydrogen) atoms. The van der Waals surface area contributed by atoms with E-state index in [4.69, 9.17) is 4.74 Å². The number of halogens is 2. The molecule has 1 fully saturated rings. The predicted octanol–water partition coefficient (Wildman–Crippen LogP) is 5.44. The van der Waals surface area contributed by atoms with E-state index in [-0.39, 0.29) is 29.6 Å². The number of likely N-dealkylation sites (tertiary alicyclic amines) is 1. The summed E-state index contributed by atoms with van der Waals surface area (Å²) in [4.78, 5) is 47.2. The molecular weight excluding hydrogens is 503 g/mol. The van der Waals surface area contributed by atoms with Crippen LogP contribution in [0.15, 0.2) is 30.3 Å². The lowest BCUT2D eigenvalue weighted by atomic mass is 10.0. The number of hydrogen-bond donors (Lipinski definition) is 0. The molecule has 7 nitrogen and oxygen atoms in total. The molecule has 208 valence electrons. The lowest BCUT2D eigenvalue weighted by Gasteiger charge is -2.32. The predicted molar refractivity (Wildman–Crippen MR) is 139 cm³/mol. The first-order valence-corrected chi connectivity index (χ1v) is 15.5. The van der Waals surface area contributed by atoms with Crippen LogP contribution in [0, 0.1) is 0 Å². The van der Waals surface area contributed by atoms with Gasteiger partial charge in [0.2, 0.25) is 11.7 Å². The highest BCUT2D eigenvalue weighted by molar-refractivity contribution is 7.63. The van der Waals surface area contributed by atoms with Crippen molar-refractivity contribution < 1.29 is 37.3 Å². The van der Waals surface area contributed by atoms with E-state index in [0.717, 1.165) is 44.8 Å². The average molecular weight is 544 g/mol. The van der Waals surface area contributed by atoms with Crippen LogP contribution in [0.4, 0.5) is 8.78 Å². The van der Waals surface area contributed by atoms with Gasteiger partial charge in [-0.3, -0.25) is 14.4 Å². The number of carbonyl (C=O) groups excluding carboxylic acids is 4. The molecular formula is C27H40F2NO6P. The van der Waals surface area contributed by atoms with Crippen molar-refractivity contribution in [2.45, 2.75) is 83.3 Å². The molecule has 1 aromatic carbocycles. The highest BCUT2D eigenvalue weighted by Gasteiger charge is 2.41. The molecule has 1 heterocycles. The van der Waals surface area contributed by atoms with Gasteiger partial charge in [0.05, 0.1) is 25.4 Å². The standard InChI is InChI=1S/C16H27NO4.C11H13F2O2P/c1-13(2)21-16(20)10-5-3-4-6-11-17-14(12-18)8-7-9-15(17)19;1-16(2,15)8-10(14)11(12,13)9-6-4-3-5-7-9/h12-14H,3-11H2,1-2H3;3-7H,8H2,1-2H3/t14-;/m1./s1. The number of aldehydes is 1. The number of benzene rings is 1. The zero-order valence-electron chi connectivity index (χ0n) is 22.3. The third-order valence-corrected chi connectivity index (χ3v) is 6.73. The minimum absolute atomic E-state index is 0.0529. The Hall–Kier alpha value is -2.41. The summed E-state index contributed by atoms with van der Waals surface area (Å²) >= 11 is 0. The van der Waals surface area contributed by atoms with Crippen molar-refractivity contribution in [2.75, 3.05) is 26.0 Å². The number of rotatable bonds is 13. The molecule has 1 aliphatic rings. The quantitative estimate of drug-likeness (QED) is 0.142. The molecule has 0 spiro atoms. The fraction of sp³-hybridized carbons (Fsp3) is 0.630. The number of ether oxygens (including phenoxy) is 1. The first-order chi connectivity index (χ1) is 17.3. The van der Waals surface area contributed by atoms with Crippen molar-refractivity contribution in [1.29, 1.82) is 0 Å². The normalized spacial score (nSPS) is 16.1. The van der Waals surface area contributed by atoms with Crippen LogP contribution in [-0.4, -0.2) is 67.0 Å². The first kappa shape index (κ1) is 32.6. The fourth-order valence-corrected chi connectivity index (χ4v) is 4.75. The van der Waals surface area contributed by atoms with Crippen LogP contribution >= 0.6 is 7.14 Å². The van der Waals surface area contributed by atoms with Gasteiger partial charge in [-0.1, -0.05) is 43.2 Å². The maximum absolute atomic E-state index is 13.6. The van der Waals surface area contributed by atoms with E-state index in [2.05, 4.69) is 0 Å². The maximum Gasteiger partial charge on any atom is 0.330 e. The summed E-state index contributed by atoms with van der Waals surface area (Å²) in [5.41, 5.74) is -0.353. The van der Waals surface area contributed by atoms with Gasteiger partial charge in [0.1, 0.15) is 6.29 Å². The van der Waals surface area contributed by atoms with E-state index in [1.807, 2.05) is 13.8 Å². The topological polar surface area (TPSA) is 97.8 Å². The van der Waals surface area contributed by atoms with Crippen LogP contribution < -0.4 is 0 Å². The molecule has 1 amide bonds. The number of esters is 1. The monoisotopic (exact) mass is 543 g/mol. The summed E-state index contributed by atoms with van der Waals surface area (Å²) in [5.74, 6) is -4.88. The number of unbranched alkanes of at least 4 members (excludes halogenated alkanes) is 3. The molecule has 0 bridgehead atoms. The van der Waals surface area contributed by atoms with Gasteiger partial charge < -0.3 is 19.0 Å². The summed E-state index contributed by atoms with van der Waals surface area (Å²) in [6, 6.07) is 6.62. The zero-order valence-corrected chi connectivity index (χ0v) is 23.2. The Labute approximate surface area is 218 Å². The smallest absolute Gasteiger partial charge is 0.330 e. The number of hydrogen-bond acceptors (Lipinski definition) is 6. The number of ketones is 1. The summed E-state index contributed by atoms with van der Waals surface area (Å²) < 4.78 is 43.6. The van der Waals surface area contributed by atoms with Crippen molar-refractivity contribution in [1.82, 2.24) is 4.90 Å². The molecule has 2 rings (SSSR count). The van der Waals surface area contributed by atoms with Crippen LogP contribution in [0.25, 0.3) is 0 Å². The van der Waals surface area contributed by atoms with Gasteiger partial charge in [-0.25, -0.2) is 0 Å². The molecule has 1 aromatic rings. The second-order valence-corrected chi connectivity index (χ2v) is 13.4. The fourth-order valence-electron chi connectivity index (χ4n) is 3.86. The number of nitrogens with zero attached hydrogens (tertiary/aromatic N) is 1. The van der Waals surface area contributed by atoms with Crippen LogP contribution in [0.1, 0.15) is 70.8 Å². The number of piperidine rings is 1. The minimum atomic E-state index is -3.55. The Balaban J connectivity index is 0.000000384. The molecule has 0 aliphatic carbocycles. The van der Waals surface area contributed by atoms with Crippen molar-refractivity contribution in [3.05, 3.63) is 35.9 Å². The maximum atomic E-state index is 13.6. The molecule has 10 heteroatoms. The zero-order chi connectivity index (χ0) is 28.1. The van der Waals surface area contributed by atoms with Crippen molar-refractivity contribution >= 4 is 31.1 Å². The third kappa shape index (κ3) is 12.6. The molecule has 1 saturated heterocycles. The van der Waals surface area contributed by atoms with Gasteiger partial charge in [-0.2, -0.15) is 8.78 Å². The second-order valence-electron chi connectivity index (χ2n) is 9.98. The van der Waals surface area contributed by atoms with Gasteiger partial charge in [0.25, 0.3) is 0 Å². The van der Waals surface area contributed by atoms with Gasteiger partial charge in [-0.15, -0.1) is 0 Å². The second kappa shape index (κ2) is 15.8. The Morgan fingerprint density at radius 2 is 1.76 bits per heavy atom. The van der Waals surface area contributed by atoms with Crippen molar-refractivity contribution in [2.24, 2.45) is 0 Å². The number of Topliss-reactive ketones (excluding diaryl/α,β-unsaturated/α-hetero) is 1. The van der Waals surface area contributed by atoms with E-state index >= 15 is 0 Å². The Kier molecular flexibility index (Phi) is 13.9. The SMILES string of the molecule is CC(C)OC(=O)CCCCCCN1C(=O)CCC[C@@H]1C=O.CP(C)(=O)CC(=O)C(F)(F)c1ccccc1. The van der Waals surface area contributed by atoms with E-state index < -0.39 is 25.0 Å². The number of amides is 1. The highest BCUT2D eigenvalue weighted by Crippen LogP contribution is 2.40. The van der Waals surface area contributed by atoms with Gasteiger partial charge in [0.15, 0.2) is 0 Å². The molecule has 0 saturated carbocycles. The van der Waals surface area contributed by atoms with E-state index in [1.165, 1.54) is 37.6 Å². The molecule has 0 aromatic heterocycles. The number of alkyl halides is 2. The van der Waals surface area contributed by atoms with Gasteiger partial charge in [-0.05, 0) is 52.9 Å². The summed E-state index contributed by atoms with van der Waals surface area (Å²) in [5, 5.41) is 0. The Morgan fingerprint density at radius 1 is 1.14 bits per heavy atom. The molecule has 0 radical (unpaired) electrons. The van der Waals surface area contributed by atoms with Crippen LogP contribution in [0.5, 0.6) is 0 Å². The van der Waals surface area contributed by atoms with E-state index in [1.54, 1.807) is 11.0 Å². The van der Waals surface area contributed by atoms with Crippen LogP contribution in [0.3, 0.4) is 0 Å². The van der Waals surface area contributed by atoms with E-state index in [0.29, 0.717) is 19.4 Å². The highest BCUT2D eigenvalue weighted by atomic mass is 31.2.